The Labute approximate surface area is 142 Å². The normalized spacial score (nSPS) is 11.4. The van der Waals surface area contributed by atoms with Gasteiger partial charge in [-0.3, -0.25) is 4.79 Å². The zero-order valence-electron chi connectivity index (χ0n) is 13.6. The van der Waals surface area contributed by atoms with Crippen molar-refractivity contribution in [3.63, 3.8) is 0 Å². The van der Waals surface area contributed by atoms with Gasteiger partial charge in [-0.05, 0) is 36.8 Å². The van der Waals surface area contributed by atoms with Gasteiger partial charge in [-0.25, -0.2) is 13.1 Å². The Morgan fingerprint density at radius 3 is 2.71 bits per heavy atom. The number of rotatable bonds is 9. The Kier molecular flexibility index (Phi) is 6.57. The Bertz CT molecular complexity index is 755. The highest BCUT2D eigenvalue weighted by atomic mass is 32.2. The number of benzene rings is 1. The minimum absolute atomic E-state index is 0.0512. The van der Waals surface area contributed by atoms with E-state index in [0.717, 1.165) is 19.3 Å². The molecule has 0 atom stereocenters. The molecule has 1 amide bonds. The lowest BCUT2D eigenvalue weighted by Crippen LogP contribution is -2.26. The first-order valence-corrected chi connectivity index (χ1v) is 9.41. The fraction of sp³-hybridized carbons (Fsp3) is 0.353. The zero-order valence-corrected chi connectivity index (χ0v) is 14.4. The number of carbonyl (C=O) groups excluding carboxylic acids is 1. The maximum absolute atomic E-state index is 12.3. The van der Waals surface area contributed by atoms with E-state index >= 15 is 0 Å². The van der Waals surface area contributed by atoms with Gasteiger partial charge < -0.3 is 9.73 Å². The van der Waals surface area contributed by atoms with Crippen molar-refractivity contribution >= 4 is 15.9 Å². The van der Waals surface area contributed by atoms with Gasteiger partial charge in [-0.1, -0.05) is 25.8 Å². The first kappa shape index (κ1) is 18.2. The standard InChI is InChI=1S/C17H22N2O4S/c1-2-3-4-10-18-17(20)14-7-5-9-16(12-14)24(21,22)19-13-15-8-6-11-23-15/h5-9,11-12,19H,2-4,10,13H2,1H3,(H,18,20). The van der Waals surface area contributed by atoms with Crippen LogP contribution in [0.15, 0.2) is 52.0 Å². The number of furan rings is 1. The lowest BCUT2D eigenvalue weighted by Gasteiger charge is -2.08. The van der Waals surface area contributed by atoms with Crippen molar-refractivity contribution < 1.29 is 17.6 Å². The third-order valence-corrected chi connectivity index (χ3v) is 4.89. The van der Waals surface area contributed by atoms with E-state index in [9.17, 15) is 13.2 Å². The number of hydrogen-bond donors (Lipinski definition) is 2. The molecule has 2 aromatic rings. The second-order valence-electron chi connectivity index (χ2n) is 5.39. The maximum atomic E-state index is 12.3. The van der Waals surface area contributed by atoms with Crippen LogP contribution in [0.25, 0.3) is 0 Å². The molecule has 0 bridgehead atoms. The molecule has 0 fully saturated rings. The van der Waals surface area contributed by atoms with Crippen LogP contribution in [0.3, 0.4) is 0 Å². The molecule has 1 aromatic heterocycles. The summed E-state index contributed by atoms with van der Waals surface area (Å²) in [5.41, 5.74) is 0.326. The van der Waals surface area contributed by atoms with Gasteiger partial charge in [0.15, 0.2) is 0 Å². The molecule has 0 saturated heterocycles. The highest BCUT2D eigenvalue weighted by molar-refractivity contribution is 7.89. The summed E-state index contributed by atoms with van der Waals surface area (Å²) in [6, 6.07) is 9.36. The van der Waals surface area contributed by atoms with E-state index in [-0.39, 0.29) is 17.3 Å². The molecule has 0 radical (unpaired) electrons. The second kappa shape index (κ2) is 8.65. The average Bonchev–Trinajstić information content (AvgIpc) is 3.10. The summed E-state index contributed by atoms with van der Waals surface area (Å²) in [7, 11) is -3.71. The topological polar surface area (TPSA) is 88.4 Å². The van der Waals surface area contributed by atoms with E-state index in [1.54, 1.807) is 24.3 Å². The largest absolute Gasteiger partial charge is 0.468 e. The molecule has 24 heavy (non-hydrogen) atoms. The van der Waals surface area contributed by atoms with Gasteiger partial charge in [0, 0.05) is 12.1 Å². The van der Waals surface area contributed by atoms with Crippen molar-refractivity contribution in [1.29, 1.82) is 0 Å². The molecule has 6 nitrogen and oxygen atoms in total. The first-order chi connectivity index (χ1) is 11.5. The maximum Gasteiger partial charge on any atom is 0.251 e. The van der Waals surface area contributed by atoms with Crippen LogP contribution >= 0.6 is 0 Å². The number of sulfonamides is 1. The van der Waals surface area contributed by atoms with E-state index in [0.29, 0.717) is 17.9 Å². The lowest BCUT2D eigenvalue weighted by atomic mass is 10.2. The summed E-state index contributed by atoms with van der Waals surface area (Å²) < 4.78 is 32.2. The molecular weight excluding hydrogens is 328 g/mol. The van der Waals surface area contributed by atoms with Crippen LogP contribution in [0.2, 0.25) is 0 Å². The van der Waals surface area contributed by atoms with Crippen LogP contribution in [0, 0.1) is 0 Å². The highest BCUT2D eigenvalue weighted by Gasteiger charge is 2.16. The number of nitrogens with one attached hydrogen (secondary N) is 2. The molecule has 130 valence electrons. The zero-order chi connectivity index (χ0) is 17.4. The molecular formula is C17H22N2O4S. The predicted molar refractivity (Wildman–Crippen MR) is 91.0 cm³/mol. The molecule has 1 heterocycles. The average molecular weight is 350 g/mol. The predicted octanol–water partition coefficient (Wildman–Crippen LogP) is 2.68. The van der Waals surface area contributed by atoms with Crippen molar-refractivity contribution in [3.05, 3.63) is 54.0 Å². The highest BCUT2D eigenvalue weighted by Crippen LogP contribution is 2.12. The van der Waals surface area contributed by atoms with Gasteiger partial charge in [0.25, 0.3) is 5.91 Å². The Morgan fingerprint density at radius 1 is 1.17 bits per heavy atom. The smallest absolute Gasteiger partial charge is 0.251 e. The van der Waals surface area contributed by atoms with Crippen molar-refractivity contribution in [2.24, 2.45) is 0 Å². The fourth-order valence-electron chi connectivity index (χ4n) is 2.15. The summed E-state index contributed by atoms with van der Waals surface area (Å²) in [5, 5.41) is 2.80. The molecule has 1 aromatic carbocycles. The van der Waals surface area contributed by atoms with E-state index in [4.69, 9.17) is 4.42 Å². The van der Waals surface area contributed by atoms with Crippen LogP contribution in [0.1, 0.15) is 42.3 Å². The lowest BCUT2D eigenvalue weighted by molar-refractivity contribution is 0.0952. The summed E-state index contributed by atoms with van der Waals surface area (Å²) >= 11 is 0. The monoisotopic (exact) mass is 350 g/mol. The van der Waals surface area contributed by atoms with Crippen LogP contribution in [0.4, 0.5) is 0 Å². The number of hydrogen-bond acceptors (Lipinski definition) is 4. The quantitative estimate of drug-likeness (QED) is 0.681. The second-order valence-corrected chi connectivity index (χ2v) is 7.16. The molecule has 7 heteroatoms. The van der Waals surface area contributed by atoms with Crippen molar-refractivity contribution in [3.8, 4) is 0 Å². The van der Waals surface area contributed by atoms with Gasteiger partial charge in [0.05, 0.1) is 17.7 Å². The van der Waals surface area contributed by atoms with Crippen molar-refractivity contribution in [2.75, 3.05) is 6.54 Å². The summed E-state index contributed by atoms with van der Waals surface area (Å²) in [6.45, 7) is 2.73. The Hall–Kier alpha value is -2.12. The summed E-state index contributed by atoms with van der Waals surface area (Å²) in [5.74, 6) is 0.248. The minimum Gasteiger partial charge on any atom is -0.468 e. The van der Waals surface area contributed by atoms with Crippen LogP contribution < -0.4 is 10.0 Å². The SMILES string of the molecule is CCCCCNC(=O)c1cccc(S(=O)(=O)NCc2ccco2)c1. The van der Waals surface area contributed by atoms with Gasteiger partial charge in [-0.15, -0.1) is 0 Å². The van der Waals surface area contributed by atoms with Gasteiger partial charge in [0.2, 0.25) is 10.0 Å². The van der Waals surface area contributed by atoms with E-state index in [2.05, 4.69) is 17.0 Å². The Balaban J connectivity index is 2.01. The molecule has 2 rings (SSSR count). The molecule has 0 aliphatic rings. The molecule has 2 N–H and O–H groups in total. The molecule has 0 spiro atoms. The van der Waals surface area contributed by atoms with Crippen LogP contribution in [-0.4, -0.2) is 20.9 Å². The minimum atomic E-state index is -3.71. The number of amides is 1. The van der Waals surface area contributed by atoms with Gasteiger partial charge >= 0.3 is 0 Å². The molecule has 0 unspecified atom stereocenters. The fourth-order valence-corrected chi connectivity index (χ4v) is 3.18. The first-order valence-electron chi connectivity index (χ1n) is 7.93. The Morgan fingerprint density at radius 2 is 2.00 bits per heavy atom. The number of carbonyl (C=O) groups is 1. The van der Waals surface area contributed by atoms with Crippen molar-refractivity contribution in [2.45, 2.75) is 37.6 Å². The van der Waals surface area contributed by atoms with E-state index in [1.165, 1.54) is 18.4 Å². The van der Waals surface area contributed by atoms with Gasteiger partial charge in [0.1, 0.15) is 5.76 Å². The summed E-state index contributed by atoms with van der Waals surface area (Å²) in [6.07, 6.45) is 4.51. The van der Waals surface area contributed by atoms with E-state index in [1.807, 2.05) is 0 Å². The molecule has 0 aliphatic carbocycles. The molecule has 0 aliphatic heterocycles. The third-order valence-electron chi connectivity index (χ3n) is 3.49. The summed E-state index contributed by atoms with van der Waals surface area (Å²) in [4.78, 5) is 12.1. The van der Waals surface area contributed by atoms with Crippen LogP contribution in [0.5, 0.6) is 0 Å². The van der Waals surface area contributed by atoms with Crippen molar-refractivity contribution in [1.82, 2.24) is 10.0 Å². The van der Waals surface area contributed by atoms with Crippen LogP contribution in [-0.2, 0) is 16.6 Å². The van der Waals surface area contributed by atoms with Gasteiger partial charge in [-0.2, -0.15) is 0 Å². The number of unbranched alkanes of at least 4 members (excludes halogenated alkanes) is 2. The van der Waals surface area contributed by atoms with E-state index < -0.39 is 10.0 Å². The molecule has 0 saturated carbocycles. The third kappa shape index (κ3) is 5.21.